The highest BCUT2D eigenvalue weighted by Gasteiger charge is 2.20. The number of hydrogen-bond donors (Lipinski definition) is 1. The van der Waals surface area contributed by atoms with Crippen molar-refractivity contribution in [3.8, 4) is 0 Å². The molecule has 1 fully saturated rings. The van der Waals surface area contributed by atoms with E-state index in [1.807, 2.05) is 12.1 Å². The SMILES string of the molecule is CCC1COCCN1CCc1cccc(N)c1. The Labute approximate surface area is 104 Å². The van der Waals surface area contributed by atoms with Crippen LogP contribution in [0.5, 0.6) is 0 Å². The molecule has 0 saturated carbocycles. The average molecular weight is 234 g/mol. The van der Waals surface area contributed by atoms with Gasteiger partial charge in [0.05, 0.1) is 13.2 Å². The molecule has 2 N–H and O–H groups in total. The van der Waals surface area contributed by atoms with Gasteiger partial charge in [-0.05, 0) is 30.5 Å². The van der Waals surface area contributed by atoms with Gasteiger partial charge in [0.15, 0.2) is 0 Å². The molecule has 0 amide bonds. The van der Waals surface area contributed by atoms with Gasteiger partial charge < -0.3 is 10.5 Å². The van der Waals surface area contributed by atoms with Crippen molar-refractivity contribution in [1.82, 2.24) is 4.90 Å². The van der Waals surface area contributed by atoms with Gasteiger partial charge in [-0.1, -0.05) is 19.1 Å². The first-order chi connectivity index (χ1) is 8.29. The molecule has 0 aliphatic carbocycles. The van der Waals surface area contributed by atoms with Crippen LogP contribution in [0.15, 0.2) is 24.3 Å². The summed E-state index contributed by atoms with van der Waals surface area (Å²) in [6.07, 6.45) is 2.23. The summed E-state index contributed by atoms with van der Waals surface area (Å²) in [7, 11) is 0. The monoisotopic (exact) mass is 234 g/mol. The lowest BCUT2D eigenvalue weighted by Crippen LogP contribution is -2.45. The Balaban J connectivity index is 1.88. The van der Waals surface area contributed by atoms with E-state index >= 15 is 0 Å². The summed E-state index contributed by atoms with van der Waals surface area (Å²) in [6, 6.07) is 8.78. The molecule has 1 aromatic carbocycles. The molecule has 2 rings (SSSR count). The molecule has 1 saturated heterocycles. The van der Waals surface area contributed by atoms with Crippen LogP contribution in [0.2, 0.25) is 0 Å². The number of nitrogen functional groups attached to an aromatic ring is 1. The Bertz CT molecular complexity index is 354. The molecule has 17 heavy (non-hydrogen) atoms. The number of benzene rings is 1. The van der Waals surface area contributed by atoms with Gasteiger partial charge in [0.2, 0.25) is 0 Å². The Morgan fingerprint density at radius 1 is 1.47 bits per heavy atom. The second kappa shape index (κ2) is 6.03. The summed E-state index contributed by atoms with van der Waals surface area (Å²) < 4.78 is 5.51. The predicted octanol–water partition coefficient (Wildman–Crippen LogP) is 1.92. The standard InChI is InChI=1S/C14H22N2O/c1-2-14-11-17-9-8-16(14)7-6-12-4-3-5-13(15)10-12/h3-5,10,14H,2,6-9,11,15H2,1H3. The molecule has 1 aliphatic rings. The minimum atomic E-state index is 0.588. The van der Waals surface area contributed by atoms with Crippen LogP contribution in [0.3, 0.4) is 0 Å². The van der Waals surface area contributed by atoms with Crippen molar-refractivity contribution in [1.29, 1.82) is 0 Å². The molecule has 3 heteroatoms. The highest BCUT2D eigenvalue weighted by molar-refractivity contribution is 5.40. The number of anilines is 1. The molecule has 3 nitrogen and oxygen atoms in total. The smallest absolute Gasteiger partial charge is 0.0622 e. The maximum absolute atomic E-state index is 5.79. The Kier molecular flexibility index (Phi) is 4.40. The van der Waals surface area contributed by atoms with Gasteiger partial charge in [-0.15, -0.1) is 0 Å². The molecule has 0 spiro atoms. The van der Waals surface area contributed by atoms with Gasteiger partial charge in [0.1, 0.15) is 0 Å². The maximum Gasteiger partial charge on any atom is 0.0622 e. The van der Waals surface area contributed by atoms with Gasteiger partial charge in [-0.3, -0.25) is 4.90 Å². The van der Waals surface area contributed by atoms with Gasteiger partial charge in [0, 0.05) is 24.8 Å². The molecule has 1 aromatic rings. The van der Waals surface area contributed by atoms with Crippen molar-refractivity contribution in [2.45, 2.75) is 25.8 Å². The van der Waals surface area contributed by atoms with E-state index in [9.17, 15) is 0 Å². The van der Waals surface area contributed by atoms with E-state index in [-0.39, 0.29) is 0 Å². The number of ether oxygens (including phenoxy) is 1. The molecular formula is C14H22N2O. The third-order valence-electron chi connectivity index (χ3n) is 3.46. The van der Waals surface area contributed by atoms with E-state index < -0.39 is 0 Å². The van der Waals surface area contributed by atoms with Crippen molar-refractivity contribution in [2.75, 3.05) is 32.0 Å². The summed E-state index contributed by atoms with van der Waals surface area (Å²) in [5.74, 6) is 0. The zero-order chi connectivity index (χ0) is 12.1. The zero-order valence-electron chi connectivity index (χ0n) is 10.6. The minimum absolute atomic E-state index is 0.588. The van der Waals surface area contributed by atoms with Crippen molar-refractivity contribution in [3.63, 3.8) is 0 Å². The van der Waals surface area contributed by atoms with Crippen LogP contribution in [-0.4, -0.2) is 37.2 Å². The van der Waals surface area contributed by atoms with E-state index in [0.29, 0.717) is 6.04 Å². The fourth-order valence-corrected chi connectivity index (χ4v) is 2.38. The quantitative estimate of drug-likeness (QED) is 0.809. The highest BCUT2D eigenvalue weighted by Crippen LogP contribution is 2.13. The summed E-state index contributed by atoms with van der Waals surface area (Å²) in [6.45, 7) is 6.14. The van der Waals surface area contributed by atoms with Crippen molar-refractivity contribution in [2.24, 2.45) is 0 Å². The third-order valence-corrected chi connectivity index (χ3v) is 3.46. The summed E-state index contributed by atoms with van der Waals surface area (Å²) >= 11 is 0. The lowest BCUT2D eigenvalue weighted by atomic mass is 10.1. The first-order valence-electron chi connectivity index (χ1n) is 6.46. The van der Waals surface area contributed by atoms with E-state index in [1.54, 1.807) is 0 Å². The topological polar surface area (TPSA) is 38.5 Å². The number of hydrogen-bond acceptors (Lipinski definition) is 3. The van der Waals surface area contributed by atoms with Crippen molar-refractivity contribution >= 4 is 5.69 Å². The summed E-state index contributed by atoms with van der Waals surface area (Å²) in [4.78, 5) is 2.53. The molecule has 94 valence electrons. The normalized spacial score (nSPS) is 21.6. The maximum atomic E-state index is 5.79. The van der Waals surface area contributed by atoms with E-state index in [2.05, 4.69) is 24.0 Å². The number of nitrogens with two attached hydrogens (primary N) is 1. The van der Waals surface area contributed by atoms with Crippen LogP contribution < -0.4 is 5.73 Å². The summed E-state index contributed by atoms with van der Waals surface area (Å²) in [5, 5.41) is 0. The minimum Gasteiger partial charge on any atom is -0.399 e. The van der Waals surface area contributed by atoms with Crippen LogP contribution in [0, 0.1) is 0 Å². The van der Waals surface area contributed by atoms with E-state index in [0.717, 1.165) is 44.8 Å². The first kappa shape index (κ1) is 12.4. The Hall–Kier alpha value is -1.06. The molecule has 1 aliphatic heterocycles. The van der Waals surface area contributed by atoms with Crippen LogP contribution in [0.1, 0.15) is 18.9 Å². The predicted molar refractivity (Wildman–Crippen MR) is 71.0 cm³/mol. The van der Waals surface area contributed by atoms with Gasteiger partial charge >= 0.3 is 0 Å². The van der Waals surface area contributed by atoms with Crippen LogP contribution >= 0.6 is 0 Å². The molecule has 1 atom stereocenters. The lowest BCUT2D eigenvalue weighted by molar-refractivity contribution is -0.00792. The molecule has 0 radical (unpaired) electrons. The lowest BCUT2D eigenvalue weighted by Gasteiger charge is -2.35. The Morgan fingerprint density at radius 3 is 3.12 bits per heavy atom. The van der Waals surface area contributed by atoms with Gasteiger partial charge in [-0.25, -0.2) is 0 Å². The number of rotatable bonds is 4. The first-order valence-corrected chi connectivity index (χ1v) is 6.46. The molecule has 0 aromatic heterocycles. The van der Waals surface area contributed by atoms with E-state index in [4.69, 9.17) is 10.5 Å². The molecular weight excluding hydrogens is 212 g/mol. The number of nitrogens with zero attached hydrogens (tertiary/aromatic N) is 1. The zero-order valence-corrected chi connectivity index (χ0v) is 10.6. The second-order valence-electron chi connectivity index (χ2n) is 4.67. The van der Waals surface area contributed by atoms with Crippen molar-refractivity contribution in [3.05, 3.63) is 29.8 Å². The fourth-order valence-electron chi connectivity index (χ4n) is 2.38. The fraction of sp³-hybridized carbons (Fsp3) is 0.571. The largest absolute Gasteiger partial charge is 0.399 e. The van der Waals surface area contributed by atoms with Crippen molar-refractivity contribution < 1.29 is 4.74 Å². The number of morpholine rings is 1. The van der Waals surface area contributed by atoms with Crippen LogP contribution in [0.25, 0.3) is 0 Å². The van der Waals surface area contributed by atoms with Gasteiger partial charge in [-0.2, -0.15) is 0 Å². The second-order valence-corrected chi connectivity index (χ2v) is 4.67. The molecule has 1 heterocycles. The third kappa shape index (κ3) is 3.45. The molecule has 1 unspecified atom stereocenters. The Morgan fingerprint density at radius 2 is 2.35 bits per heavy atom. The van der Waals surface area contributed by atoms with Crippen LogP contribution in [-0.2, 0) is 11.2 Å². The molecule has 0 bridgehead atoms. The van der Waals surface area contributed by atoms with Gasteiger partial charge in [0.25, 0.3) is 0 Å². The highest BCUT2D eigenvalue weighted by atomic mass is 16.5. The van der Waals surface area contributed by atoms with E-state index in [1.165, 1.54) is 5.56 Å². The van der Waals surface area contributed by atoms with Crippen LogP contribution in [0.4, 0.5) is 5.69 Å². The summed E-state index contributed by atoms with van der Waals surface area (Å²) in [5.41, 5.74) is 7.97. The average Bonchev–Trinajstić information content (AvgIpc) is 2.37.